The van der Waals surface area contributed by atoms with Crippen LogP contribution in [0.15, 0.2) is 58.6 Å². The largest absolute Gasteiger partial charge is 0.494 e. The summed E-state index contributed by atoms with van der Waals surface area (Å²) in [6.07, 6.45) is 6.45. The number of nitrogens with zero attached hydrogens (tertiary/aromatic N) is 2. The Morgan fingerprint density at radius 2 is 1.79 bits per heavy atom. The average Bonchev–Trinajstić information content (AvgIpc) is 3.23. The molecule has 2 rings (SSSR count). The van der Waals surface area contributed by atoms with Gasteiger partial charge in [0.05, 0.1) is 12.3 Å². The zero-order valence-electron chi connectivity index (χ0n) is 16.7. The highest BCUT2D eigenvalue weighted by Gasteiger charge is 2.22. The summed E-state index contributed by atoms with van der Waals surface area (Å²) >= 11 is 1.22. The first-order valence-corrected chi connectivity index (χ1v) is 11.8. The van der Waals surface area contributed by atoms with Crippen LogP contribution < -0.4 is 9.04 Å². The number of hydrogen-bond donors (Lipinski definition) is 0. The molecule has 0 amide bonds. The molecule has 7 heteroatoms. The van der Waals surface area contributed by atoms with Gasteiger partial charge < -0.3 is 9.64 Å². The molecule has 154 valence electrons. The summed E-state index contributed by atoms with van der Waals surface area (Å²) in [5.74, 6) is 0.761. The number of benzene rings is 1. The molecule has 2 aromatic rings. The highest BCUT2D eigenvalue weighted by atomic mass is 32.2. The van der Waals surface area contributed by atoms with Gasteiger partial charge in [-0.05, 0) is 62.1 Å². The van der Waals surface area contributed by atoms with E-state index in [4.69, 9.17) is 4.74 Å². The molecule has 1 heterocycles. The highest BCUT2D eigenvalue weighted by molar-refractivity contribution is 7.94. The molecule has 0 atom stereocenters. The lowest BCUT2D eigenvalue weighted by molar-refractivity contribution is 0.300. The number of rotatable bonds is 13. The maximum absolute atomic E-state index is 12.6. The van der Waals surface area contributed by atoms with E-state index in [9.17, 15) is 8.42 Å². The van der Waals surface area contributed by atoms with Crippen molar-refractivity contribution in [1.29, 1.82) is 0 Å². The van der Waals surface area contributed by atoms with Crippen molar-refractivity contribution < 1.29 is 13.2 Å². The van der Waals surface area contributed by atoms with Gasteiger partial charge in [-0.2, -0.15) is 0 Å². The Bertz CT molecular complexity index is 803. The topological polar surface area (TPSA) is 49.9 Å². The molecule has 0 radical (unpaired) electrons. The van der Waals surface area contributed by atoms with Crippen LogP contribution in [-0.2, 0) is 10.0 Å². The predicted molar refractivity (Wildman–Crippen MR) is 118 cm³/mol. The number of likely N-dealkylation sites (N-methyl/N-ethyl adjacent to an activating group) is 1. The zero-order valence-corrected chi connectivity index (χ0v) is 18.3. The Kier molecular flexibility index (Phi) is 9.02. The third-order valence-corrected chi connectivity index (χ3v) is 7.61. The van der Waals surface area contributed by atoms with E-state index in [-0.39, 0.29) is 0 Å². The quantitative estimate of drug-likeness (QED) is 0.349. The molecule has 1 aromatic heterocycles. The maximum Gasteiger partial charge on any atom is 0.273 e. The molecule has 0 spiro atoms. The van der Waals surface area contributed by atoms with Crippen LogP contribution in [0.4, 0.5) is 5.69 Å². The van der Waals surface area contributed by atoms with E-state index in [1.165, 1.54) is 28.5 Å². The molecule has 0 bridgehead atoms. The van der Waals surface area contributed by atoms with Gasteiger partial charge in [0.25, 0.3) is 10.0 Å². The first-order chi connectivity index (χ1) is 13.4. The Hall–Kier alpha value is -1.83. The number of anilines is 1. The first-order valence-electron chi connectivity index (χ1n) is 9.50. The van der Waals surface area contributed by atoms with Gasteiger partial charge in [0.1, 0.15) is 9.96 Å². The minimum Gasteiger partial charge on any atom is -0.494 e. The minimum absolute atomic E-state index is 0.339. The van der Waals surface area contributed by atoms with Gasteiger partial charge in [0.2, 0.25) is 0 Å². The SMILES string of the molecule is C=CCN(C)CCCCCCOc1ccc(N(C)S(=O)(=O)c2cccs2)cc1. The van der Waals surface area contributed by atoms with Gasteiger partial charge in [-0.25, -0.2) is 8.42 Å². The van der Waals surface area contributed by atoms with Crippen molar-refractivity contribution in [3.05, 3.63) is 54.4 Å². The van der Waals surface area contributed by atoms with Gasteiger partial charge in [-0.15, -0.1) is 17.9 Å². The third kappa shape index (κ3) is 6.65. The van der Waals surface area contributed by atoms with Crippen LogP contribution in [-0.4, -0.2) is 47.1 Å². The summed E-state index contributed by atoms with van der Waals surface area (Å²) in [6, 6.07) is 10.5. The Balaban J connectivity index is 1.72. The lowest BCUT2D eigenvalue weighted by atomic mass is 10.2. The molecule has 0 aliphatic heterocycles. The number of ether oxygens (including phenoxy) is 1. The summed E-state index contributed by atoms with van der Waals surface area (Å²) in [5.41, 5.74) is 0.615. The van der Waals surface area contributed by atoms with E-state index < -0.39 is 10.0 Å². The fraction of sp³-hybridized carbons (Fsp3) is 0.429. The van der Waals surface area contributed by atoms with Crippen molar-refractivity contribution >= 4 is 27.0 Å². The third-order valence-electron chi connectivity index (χ3n) is 4.45. The summed E-state index contributed by atoms with van der Waals surface area (Å²) < 4.78 is 32.5. The van der Waals surface area contributed by atoms with Crippen LogP contribution in [0.2, 0.25) is 0 Å². The molecule has 0 saturated carbocycles. The molecule has 0 N–H and O–H groups in total. The monoisotopic (exact) mass is 422 g/mol. The van der Waals surface area contributed by atoms with Gasteiger partial charge in [0, 0.05) is 13.6 Å². The molecular weight excluding hydrogens is 392 g/mol. The van der Waals surface area contributed by atoms with Crippen LogP contribution >= 0.6 is 11.3 Å². The predicted octanol–water partition coefficient (Wildman–Crippen LogP) is 4.63. The molecule has 1 aromatic carbocycles. The smallest absolute Gasteiger partial charge is 0.273 e. The van der Waals surface area contributed by atoms with E-state index in [0.29, 0.717) is 16.5 Å². The number of hydrogen-bond acceptors (Lipinski definition) is 5. The molecule has 28 heavy (non-hydrogen) atoms. The van der Waals surface area contributed by atoms with Crippen molar-refractivity contribution in [2.45, 2.75) is 29.9 Å². The van der Waals surface area contributed by atoms with Crippen molar-refractivity contribution in [2.24, 2.45) is 0 Å². The zero-order chi connectivity index (χ0) is 20.4. The number of sulfonamides is 1. The van der Waals surface area contributed by atoms with Crippen LogP contribution in [0.5, 0.6) is 5.75 Å². The lowest BCUT2D eigenvalue weighted by Gasteiger charge is -2.18. The minimum atomic E-state index is -3.50. The molecule has 0 aliphatic carbocycles. The molecule has 0 fully saturated rings. The first kappa shape index (κ1) is 22.5. The standard InChI is InChI=1S/C21H30N2O3S2/c1-4-15-22(2)16-7-5-6-8-17-26-20-13-11-19(12-14-20)23(3)28(24,25)21-10-9-18-27-21/h4,9-14,18H,1,5-8,15-17H2,2-3H3. The fourth-order valence-corrected chi connectivity index (χ4v) is 5.13. The highest BCUT2D eigenvalue weighted by Crippen LogP contribution is 2.26. The van der Waals surface area contributed by atoms with Gasteiger partial charge in [-0.3, -0.25) is 4.31 Å². The van der Waals surface area contributed by atoms with Crippen molar-refractivity contribution in [2.75, 3.05) is 38.1 Å². The van der Waals surface area contributed by atoms with Gasteiger partial charge >= 0.3 is 0 Å². The van der Waals surface area contributed by atoms with Crippen molar-refractivity contribution in [1.82, 2.24) is 4.90 Å². The van der Waals surface area contributed by atoms with E-state index in [2.05, 4.69) is 18.5 Å². The summed E-state index contributed by atoms with van der Waals surface area (Å²) in [7, 11) is 0.176. The van der Waals surface area contributed by atoms with Gasteiger partial charge in [-0.1, -0.05) is 25.0 Å². The maximum atomic E-state index is 12.6. The van der Waals surface area contributed by atoms with Crippen molar-refractivity contribution in [3.8, 4) is 5.75 Å². The molecular formula is C21H30N2O3S2. The summed E-state index contributed by atoms with van der Waals surface area (Å²) in [6.45, 7) is 6.45. The number of thiophene rings is 1. The van der Waals surface area contributed by atoms with Crippen LogP contribution in [0.1, 0.15) is 25.7 Å². The summed E-state index contributed by atoms with van der Waals surface area (Å²) in [5, 5.41) is 1.76. The normalized spacial score (nSPS) is 11.5. The number of unbranched alkanes of at least 4 members (excludes halogenated alkanes) is 3. The fourth-order valence-electron chi connectivity index (χ4n) is 2.78. The summed E-state index contributed by atoms with van der Waals surface area (Å²) in [4.78, 5) is 2.26. The van der Waals surface area contributed by atoms with E-state index in [1.54, 1.807) is 36.7 Å². The Labute approximate surface area is 173 Å². The Morgan fingerprint density at radius 3 is 2.43 bits per heavy atom. The van der Waals surface area contributed by atoms with Crippen LogP contribution in [0.25, 0.3) is 0 Å². The molecule has 5 nitrogen and oxygen atoms in total. The molecule has 0 unspecified atom stereocenters. The Morgan fingerprint density at radius 1 is 1.07 bits per heavy atom. The second-order valence-electron chi connectivity index (χ2n) is 6.71. The van der Waals surface area contributed by atoms with E-state index in [1.807, 2.05) is 18.2 Å². The van der Waals surface area contributed by atoms with Crippen LogP contribution in [0, 0.1) is 0 Å². The van der Waals surface area contributed by atoms with E-state index in [0.717, 1.165) is 31.7 Å². The lowest BCUT2D eigenvalue weighted by Crippen LogP contribution is -2.25. The molecule has 0 aliphatic rings. The molecule has 0 saturated heterocycles. The second-order valence-corrected chi connectivity index (χ2v) is 9.86. The van der Waals surface area contributed by atoms with Crippen LogP contribution in [0.3, 0.4) is 0 Å². The second kappa shape index (κ2) is 11.2. The van der Waals surface area contributed by atoms with E-state index >= 15 is 0 Å². The van der Waals surface area contributed by atoms with Gasteiger partial charge in [0.15, 0.2) is 0 Å². The van der Waals surface area contributed by atoms with Crippen molar-refractivity contribution in [3.63, 3.8) is 0 Å². The average molecular weight is 423 g/mol.